The first kappa shape index (κ1) is 18.2. The lowest BCUT2D eigenvalue weighted by Gasteiger charge is -2.17. The van der Waals surface area contributed by atoms with Crippen LogP contribution in [0.25, 0.3) is 22.0 Å². The van der Waals surface area contributed by atoms with Crippen molar-refractivity contribution in [1.82, 2.24) is 14.9 Å². The first-order chi connectivity index (χ1) is 13.5. The highest BCUT2D eigenvalue weighted by atomic mass is 16.5. The van der Waals surface area contributed by atoms with Crippen LogP contribution >= 0.6 is 0 Å². The van der Waals surface area contributed by atoms with Crippen molar-refractivity contribution in [3.63, 3.8) is 0 Å². The molecule has 1 aliphatic carbocycles. The minimum Gasteiger partial charge on any atom is -0.497 e. The highest BCUT2D eigenvalue weighted by Crippen LogP contribution is 2.47. The van der Waals surface area contributed by atoms with Crippen LogP contribution in [0.5, 0.6) is 11.5 Å². The van der Waals surface area contributed by atoms with E-state index in [1.54, 1.807) is 26.6 Å². The van der Waals surface area contributed by atoms with Crippen molar-refractivity contribution >= 4 is 22.5 Å². The van der Waals surface area contributed by atoms with Gasteiger partial charge in [0.1, 0.15) is 17.3 Å². The Bertz CT molecular complexity index is 1080. The van der Waals surface area contributed by atoms with Crippen LogP contribution in [0.15, 0.2) is 30.6 Å². The molecule has 0 saturated heterocycles. The molecule has 2 aromatic heterocycles. The number of anilines is 1. The number of fused-ring (bicyclic) bond motifs is 5. The Kier molecular flexibility index (Phi) is 4.60. The van der Waals surface area contributed by atoms with Gasteiger partial charge in [-0.1, -0.05) is 0 Å². The van der Waals surface area contributed by atoms with Gasteiger partial charge < -0.3 is 19.7 Å². The standard InChI is InChI=1S/C21H22N4O3/c1-25(2)8-7-23-21-19-17(13-5-6-22-11-14(13)20(19)26)18-15(24-21)9-12(27-3)10-16(18)28-4/h5-6,9-11H,7-8H2,1-4H3,(H,23,24). The van der Waals surface area contributed by atoms with Crippen molar-refractivity contribution in [1.29, 1.82) is 0 Å². The SMILES string of the molecule is COc1cc(OC)c2c3c(c(NCCN(C)C)nc2c1)C(=O)c1cnccc1-3. The lowest BCUT2D eigenvalue weighted by molar-refractivity contribution is 0.104. The Morgan fingerprint density at radius 2 is 1.93 bits per heavy atom. The zero-order valence-electron chi connectivity index (χ0n) is 16.4. The third-order valence-corrected chi connectivity index (χ3v) is 4.89. The minimum absolute atomic E-state index is 0.0716. The number of nitrogens with one attached hydrogen (secondary N) is 1. The zero-order valence-corrected chi connectivity index (χ0v) is 16.4. The van der Waals surface area contributed by atoms with Crippen LogP contribution in [0.2, 0.25) is 0 Å². The van der Waals surface area contributed by atoms with Crippen LogP contribution in [0.4, 0.5) is 5.82 Å². The number of rotatable bonds is 6. The summed E-state index contributed by atoms with van der Waals surface area (Å²) < 4.78 is 11.0. The van der Waals surface area contributed by atoms with Crippen molar-refractivity contribution in [2.75, 3.05) is 46.7 Å². The van der Waals surface area contributed by atoms with E-state index in [0.29, 0.717) is 40.5 Å². The van der Waals surface area contributed by atoms with E-state index in [1.807, 2.05) is 32.3 Å². The van der Waals surface area contributed by atoms with E-state index < -0.39 is 0 Å². The van der Waals surface area contributed by atoms with Crippen molar-refractivity contribution in [3.05, 3.63) is 41.7 Å². The molecule has 0 spiro atoms. The zero-order chi connectivity index (χ0) is 19.8. The molecule has 1 N–H and O–H groups in total. The molecule has 0 fully saturated rings. The van der Waals surface area contributed by atoms with E-state index in [0.717, 1.165) is 23.1 Å². The number of ether oxygens (including phenoxy) is 2. The van der Waals surface area contributed by atoms with E-state index in [1.165, 1.54) is 0 Å². The summed E-state index contributed by atoms with van der Waals surface area (Å²) in [5.41, 5.74) is 3.54. The summed E-state index contributed by atoms with van der Waals surface area (Å²) in [6, 6.07) is 5.54. The van der Waals surface area contributed by atoms with E-state index in [9.17, 15) is 4.79 Å². The van der Waals surface area contributed by atoms with Crippen molar-refractivity contribution in [3.8, 4) is 22.6 Å². The van der Waals surface area contributed by atoms with Crippen molar-refractivity contribution < 1.29 is 14.3 Å². The third-order valence-electron chi connectivity index (χ3n) is 4.89. The average molecular weight is 378 g/mol. The number of nitrogens with zero attached hydrogens (tertiary/aromatic N) is 3. The summed E-state index contributed by atoms with van der Waals surface area (Å²) in [6.07, 6.45) is 3.31. The molecule has 7 heteroatoms. The van der Waals surface area contributed by atoms with Crippen LogP contribution in [0, 0.1) is 0 Å². The van der Waals surface area contributed by atoms with Crippen LogP contribution in [0.1, 0.15) is 15.9 Å². The van der Waals surface area contributed by atoms with Gasteiger partial charge in [0.15, 0.2) is 5.78 Å². The van der Waals surface area contributed by atoms with E-state index in [-0.39, 0.29) is 5.78 Å². The van der Waals surface area contributed by atoms with Gasteiger partial charge in [-0.05, 0) is 25.7 Å². The summed E-state index contributed by atoms with van der Waals surface area (Å²) in [4.78, 5) is 24.1. The van der Waals surface area contributed by atoms with Crippen LogP contribution in [0.3, 0.4) is 0 Å². The van der Waals surface area contributed by atoms with Crippen molar-refractivity contribution in [2.45, 2.75) is 0 Å². The number of likely N-dealkylation sites (N-methyl/N-ethyl adjacent to an activating group) is 1. The van der Waals surface area contributed by atoms with Gasteiger partial charge in [0, 0.05) is 48.7 Å². The third kappa shape index (κ3) is 2.84. The largest absolute Gasteiger partial charge is 0.497 e. The number of pyridine rings is 2. The second kappa shape index (κ2) is 7.09. The van der Waals surface area contributed by atoms with Gasteiger partial charge in [-0.3, -0.25) is 9.78 Å². The molecule has 3 aromatic rings. The van der Waals surface area contributed by atoms with E-state index >= 15 is 0 Å². The highest BCUT2D eigenvalue weighted by Gasteiger charge is 2.33. The number of aromatic nitrogens is 2. The number of carbonyl (C=O) groups excluding carboxylic acids is 1. The first-order valence-corrected chi connectivity index (χ1v) is 9.02. The summed E-state index contributed by atoms with van der Waals surface area (Å²) in [7, 11) is 7.22. The number of methoxy groups -OCH3 is 2. The summed E-state index contributed by atoms with van der Waals surface area (Å²) in [5, 5.41) is 4.13. The fraction of sp³-hybridized carbons (Fsp3) is 0.286. The molecule has 7 nitrogen and oxygen atoms in total. The predicted molar refractivity (Wildman–Crippen MR) is 109 cm³/mol. The smallest absolute Gasteiger partial charge is 0.199 e. The summed E-state index contributed by atoms with van der Waals surface area (Å²) in [5.74, 6) is 1.77. The van der Waals surface area contributed by atoms with Crippen LogP contribution in [-0.4, -0.2) is 62.1 Å². The van der Waals surface area contributed by atoms with E-state index in [2.05, 4.69) is 15.2 Å². The Morgan fingerprint density at radius 1 is 1.11 bits per heavy atom. The molecule has 0 aliphatic heterocycles. The van der Waals surface area contributed by atoms with Gasteiger partial charge >= 0.3 is 0 Å². The maximum absolute atomic E-state index is 13.2. The lowest BCUT2D eigenvalue weighted by Crippen LogP contribution is -2.22. The molecule has 4 rings (SSSR count). The summed E-state index contributed by atoms with van der Waals surface area (Å²) in [6.45, 7) is 1.49. The molecular weight excluding hydrogens is 356 g/mol. The quantitative estimate of drug-likeness (QED) is 0.553. The molecule has 0 atom stereocenters. The fourth-order valence-corrected chi connectivity index (χ4v) is 3.56. The van der Waals surface area contributed by atoms with Crippen LogP contribution < -0.4 is 14.8 Å². The van der Waals surface area contributed by atoms with Gasteiger partial charge in [0.25, 0.3) is 0 Å². The molecule has 2 heterocycles. The van der Waals surface area contributed by atoms with Crippen molar-refractivity contribution in [2.24, 2.45) is 0 Å². The Morgan fingerprint density at radius 3 is 2.64 bits per heavy atom. The Balaban J connectivity index is 2.01. The summed E-state index contributed by atoms with van der Waals surface area (Å²) >= 11 is 0. The maximum Gasteiger partial charge on any atom is 0.199 e. The normalized spacial score (nSPS) is 12.2. The molecule has 0 bridgehead atoms. The second-order valence-corrected chi connectivity index (χ2v) is 6.91. The van der Waals surface area contributed by atoms with Gasteiger partial charge in [-0.2, -0.15) is 0 Å². The number of hydrogen-bond donors (Lipinski definition) is 1. The maximum atomic E-state index is 13.2. The molecule has 0 amide bonds. The average Bonchev–Trinajstić information content (AvgIpc) is 3.00. The fourth-order valence-electron chi connectivity index (χ4n) is 3.56. The number of hydrogen-bond acceptors (Lipinski definition) is 7. The Labute approximate surface area is 163 Å². The molecule has 0 radical (unpaired) electrons. The number of benzene rings is 1. The molecule has 0 saturated carbocycles. The van der Waals surface area contributed by atoms with Gasteiger partial charge in [0.2, 0.25) is 0 Å². The van der Waals surface area contributed by atoms with Crippen LogP contribution in [-0.2, 0) is 0 Å². The van der Waals surface area contributed by atoms with Gasteiger partial charge in [0.05, 0.1) is 30.7 Å². The monoisotopic (exact) mass is 378 g/mol. The lowest BCUT2D eigenvalue weighted by atomic mass is 10.00. The minimum atomic E-state index is -0.0716. The number of carbonyl (C=O) groups is 1. The molecule has 28 heavy (non-hydrogen) atoms. The van der Waals surface area contributed by atoms with E-state index in [4.69, 9.17) is 14.5 Å². The molecule has 1 aromatic carbocycles. The molecule has 0 unspecified atom stereocenters. The molecule has 1 aliphatic rings. The molecule has 144 valence electrons. The highest BCUT2D eigenvalue weighted by molar-refractivity contribution is 6.28. The Hall–Kier alpha value is -3.19. The first-order valence-electron chi connectivity index (χ1n) is 9.02. The van der Waals surface area contributed by atoms with Gasteiger partial charge in [-0.15, -0.1) is 0 Å². The topological polar surface area (TPSA) is 76.6 Å². The predicted octanol–water partition coefficient (Wildman–Crippen LogP) is 2.83. The molecular formula is C21H22N4O3. The van der Waals surface area contributed by atoms with Gasteiger partial charge in [-0.25, -0.2) is 4.98 Å². The number of ketones is 1. The second-order valence-electron chi connectivity index (χ2n) is 6.91.